The number of aryl methyl sites for hydroxylation is 1. The summed E-state index contributed by atoms with van der Waals surface area (Å²) in [7, 11) is 0. The molecular weight excluding hydrogens is 396 g/mol. The summed E-state index contributed by atoms with van der Waals surface area (Å²) in [6.07, 6.45) is 4.67. The smallest absolute Gasteiger partial charge is 0.253 e. The van der Waals surface area contributed by atoms with Gasteiger partial charge in [0.05, 0.1) is 11.0 Å². The Morgan fingerprint density at radius 2 is 1.91 bits per heavy atom. The molecule has 0 saturated carbocycles. The fraction of sp³-hybridized carbons (Fsp3) is 0.296. The number of nitrogens with zero attached hydrogens (tertiary/aromatic N) is 4. The number of hydrogen-bond donors (Lipinski definition) is 0. The molecule has 32 heavy (non-hydrogen) atoms. The molecular formula is C27H28N4O. The zero-order valence-electron chi connectivity index (χ0n) is 18.8. The van der Waals surface area contributed by atoms with E-state index in [0.717, 1.165) is 42.1 Å². The molecule has 162 valence electrons. The molecule has 1 atom stereocenters. The standard InChI is InChI=1S/C27H28N4O/c1-18(2)26-29-24-15-20(8-11-25(24)31(26)23-9-6-19(3)7-10-23)27(32)30-14-12-22(17-30)21-5-4-13-28-16-21/h4-11,13,15-16,18,22H,12,14,17H2,1-3H3. The van der Waals surface area contributed by atoms with E-state index in [9.17, 15) is 4.79 Å². The van der Waals surface area contributed by atoms with E-state index in [1.807, 2.05) is 35.4 Å². The van der Waals surface area contributed by atoms with E-state index < -0.39 is 0 Å². The molecule has 5 heteroatoms. The molecule has 0 aliphatic carbocycles. The van der Waals surface area contributed by atoms with Crippen LogP contribution in [0.3, 0.4) is 0 Å². The largest absolute Gasteiger partial charge is 0.338 e. The van der Waals surface area contributed by atoms with Crippen molar-refractivity contribution in [1.29, 1.82) is 0 Å². The van der Waals surface area contributed by atoms with Gasteiger partial charge in [-0.2, -0.15) is 0 Å². The third-order valence-electron chi connectivity index (χ3n) is 6.37. The summed E-state index contributed by atoms with van der Waals surface area (Å²) in [6.45, 7) is 7.90. The molecule has 0 spiro atoms. The van der Waals surface area contributed by atoms with Gasteiger partial charge in [-0.3, -0.25) is 14.3 Å². The summed E-state index contributed by atoms with van der Waals surface area (Å²) in [5.41, 5.74) is 6.13. The maximum atomic E-state index is 13.3. The first-order valence-electron chi connectivity index (χ1n) is 11.3. The van der Waals surface area contributed by atoms with Gasteiger partial charge >= 0.3 is 0 Å². The lowest BCUT2D eigenvalue weighted by atomic mass is 10.0. The van der Waals surface area contributed by atoms with Crippen molar-refractivity contribution in [3.63, 3.8) is 0 Å². The Balaban J connectivity index is 1.46. The lowest BCUT2D eigenvalue weighted by Gasteiger charge is -2.17. The van der Waals surface area contributed by atoms with Crippen LogP contribution in [0.5, 0.6) is 0 Å². The number of carbonyl (C=O) groups excluding carboxylic acids is 1. The lowest BCUT2D eigenvalue weighted by Crippen LogP contribution is -2.28. The number of fused-ring (bicyclic) bond motifs is 1. The topological polar surface area (TPSA) is 51.0 Å². The molecule has 1 fully saturated rings. The van der Waals surface area contributed by atoms with Crippen LogP contribution in [0.4, 0.5) is 0 Å². The van der Waals surface area contributed by atoms with Crippen LogP contribution in [-0.2, 0) is 0 Å². The van der Waals surface area contributed by atoms with Crippen LogP contribution >= 0.6 is 0 Å². The molecule has 3 heterocycles. The number of benzene rings is 2. The molecule has 5 rings (SSSR count). The van der Waals surface area contributed by atoms with Gasteiger partial charge in [-0.25, -0.2) is 4.98 Å². The molecule has 1 aliphatic rings. The van der Waals surface area contributed by atoms with Gasteiger partial charge in [-0.15, -0.1) is 0 Å². The van der Waals surface area contributed by atoms with Crippen LogP contribution in [0.15, 0.2) is 67.0 Å². The van der Waals surface area contributed by atoms with E-state index in [1.165, 1.54) is 11.1 Å². The highest BCUT2D eigenvalue weighted by molar-refractivity contribution is 5.98. The molecule has 0 bridgehead atoms. The zero-order chi connectivity index (χ0) is 22.2. The quantitative estimate of drug-likeness (QED) is 0.436. The van der Waals surface area contributed by atoms with Gasteiger partial charge in [-0.1, -0.05) is 37.6 Å². The fourth-order valence-electron chi connectivity index (χ4n) is 4.60. The summed E-state index contributed by atoms with van der Waals surface area (Å²) in [6, 6.07) is 18.5. The van der Waals surface area contributed by atoms with E-state index >= 15 is 0 Å². The predicted octanol–water partition coefficient (Wildman–Crippen LogP) is 5.48. The van der Waals surface area contributed by atoms with E-state index in [2.05, 4.69) is 60.7 Å². The molecule has 5 nitrogen and oxygen atoms in total. The molecule has 1 aliphatic heterocycles. The molecule has 1 unspecified atom stereocenters. The van der Waals surface area contributed by atoms with Crippen molar-refractivity contribution in [2.24, 2.45) is 0 Å². The van der Waals surface area contributed by atoms with Crippen LogP contribution in [0.2, 0.25) is 0 Å². The van der Waals surface area contributed by atoms with Crippen molar-refractivity contribution < 1.29 is 4.79 Å². The normalized spacial score (nSPS) is 16.2. The second-order valence-electron chi connectivity index (χ2n) is 9.02. The van der Waals surface area contributed by atoms with Crippen molar-refractivity contribution in [3.05, 3.63) is 89.5 Å². The predicted molar refractivity (Wildman–Crippen MR) is 127 cm³/mol. The van der Waals surface area contributed by atoms with E-state index in [4.69, 9.17) is 4.98 Å². The second-order valence-corrected chi connectivity index (χ2v) is 9.02. The number of aromatic nitrogens is 3. The van der Waals surface area contributed by atoms with Gasteiger partial charge in [0.25, 0.3) is 5.91 Å². The highest BCUT2D eigenvalue weighted by Gasteiger charge is 2.28. The van der Waals surface area contributed by atoms with Crippen molar-refractivity contribution >= 4 is 16.9 Å². The molecule has 0 N–H and O–H groups in total. The Morgan fingerprint density at radius 3 is 2.62 bits per heavy atom. The van der Waals surface area contributed by atoms with E-state index in [0.29, 0.717) is 11.5 Å². The van der Waals surface area contributed by atoms with Crippen molar-refractivity contribution in [1.82, 2.24) is 19.4 Å². The number of pyridine rings is 1. The minimum Gasteiger partial charge on any atom is -0.338 e. The number of carbonyl (C=O) groups is 1. The molecule has 1 amide bonds. The van der Waals surface area contributed by atoms with Gasteiger partial charge in [0.2, 0.25) is 0 Å². The zero-order valence-corrected chi connectivity index (χ0v) is 18.8. The lowest BCUT2D eigenvalue weighted by molar-refractivity contribution is 0.0791. The highest BCUT2D eigenvalue weighted by atomic mass is 16.2. The molecule has 2 aromatic carbocycles. The van der Waals surface area contributed by atoms with Crippen molar-refractivity contribution in [2.75, 3.05) is 13.1 Å². The molecule has 0 radical (unpaired) electrons. The first kappa shape index (κ1) is 20.4. The van der Waals surface area contributed by atoms with Gasteiger partial charge in [-0.05, 0) is 55.3 Å². The Hall–Kier alpha value is -3.47. The Bertz CT molecular complexity index is 1260. The summed E-state index contributed by atoms with van der Waals surface area (Å²) in [4.78, 5) is 24.4. The summed E-state index contributed by atoms with van der Waals surface area (Å²) < 4.78 is 2.21. The summed E-state index contributed by atoms with van der Waals surface area (Å²) in [5, 5.41) is 0. The average Bonchev–Trinajstić information content (AvgIpc) is 3.45. The molecule has 4 aromatic rings. The monoisotopic (exact) mass is 424 g/mol. The number of imidazole rings is 1. The summed E-state index contributed by atoms with van der Waals surface area (Å²) in [5.74, 6) is 1.70. The number of hydrogen-bond acceptors (Lipinski definition) is 3. The first-order chi connectivity index (χ1) is 15.5. The third kappa shape index (κ3) is 3.68. The number of amides is 1. The molecule has 2 aromatic heterocycles. The minimum atomic E-state index is 0.0780. The average molecular weight is 425 g/mol. The first-order valence-corrected chi connectivity index (χ1v) is 11.3. The highest BCUT2D eigenvalue weighted by Crippen LogP contribution is 2.30. The van der Waals surface area contributed by atoms with Crippen LogP contribution in [-0.4, -0.2) is 38.4 Å². The van der Waals surface area contributed by atoms with E-state index in [1.54, 1.807) is 6.20 Å². The maximum Gasteiger partial charge on any atom is 0.253 e. The maximum absolute atomic E-state index is 13.3. The Morgan fingerprint density at radius 1 is 1.09 bits per heavy atom. The van der Waals surface area contributed by atoms with Crippen LogP contribution in [0, 0.1) is 6.92 Å². The van der Waals surface area contributed by atoms with Gasteiger partial charge in [0.15, 0.2) is 0 Å². The summed E-state index contributed by atoms with van der Waals surface area (Å²) >= 11 is 0. The molecule has 1 saturated heterocycles. The minimum absolute atomic E-state index is 0.0780. The Kier molecular flexibility index (Phi) is 5.25. The van der Waals surface area contributed by atoms with E-state index in [-0.39, 0.29) is 11.8 Å². The fourth-order valence-corrected chi connectivity index (χ4v) is 4.60. The van der Waals surface area contributed by atoms with Gasteiger partial charge in [0.1, 0.15) is 5.82 Å². The van der Waals surface area contributed by atoms with Gasteiger partial charge in [0, 0.05) is 48.6 Å². The SMILES string of the molecule is Cc1ccc(-n2c(C(C)C)nc3cc(C(=O)N4CCC(c5cccnc5)C4)ccc32)cc1. The van der Waals surface area contributed by atoms with Crippen LogP contribution < -0.4 is 0 Å². The van der Waals surface area contributed by atoms with Crippen LogP contribution in [0.25, 0.3) is 16.7 Å². The van der Waals surface area contributed by atoms with Gasteiger partial charge < -0.3 is 4.90 Å². The second kappa shape index (κ2) is 8.23. The number of rotatable bonds is 4. The number of likely N-dealkylation sites (tertiary alicyclic amines) is 1. The third-order valence-corrected chi connectivity index (χ3v) is 6.37. The van der Waals surface area contributed by atoms with Crippen molar-refractivity contribution in [2.45, 2.75) is 39.0 Å². The van der Waals surface area contributed by atoms with Crippen molar-refractivity contribution in [3.8, 4) is 5.69 Å². The Labute approximate surface area is 188 Å². The van der Waals surface area contributed by atoms with Crippen LogP contribution in [0.1, 0.15) is 59.4 Å².